The molecular weight excluding hydrogens is 690 g/mol. The standard InChI is InChI=1S/C33H43N5O5.C4H6O6/c1-37-22-27(21-35-37)25-9-7-24(8-10-25)14-19-42-20-15-31(41)38(28-5-3-2-4-6-28)18-17-34-16-13-26-11-12-29(39)32-33(26)43-23-30(40)36-32;5-1(3(7)8)2(6)4(9)10/h7-12,21-22,28,34,39H,2-6,13-20,23H2,1H3,(H,36,40);1-2,5-6H,(H,7,8)(H,9,10). The molecule has 0 spiro atoms. The number of nitrogens with zero attached hydrogens (tertiary/aromatic N) is 3. The largest absolute Gasteiger partial charge is 0.506 e. The van der Waals surface area contributed by atoms with Gasteiger partial charge in [-0.1, -0.05) is 49.6 Å². The SMILES string of the molecule is Cn1cc(-c2ccc(CCOCCC(=O)N(CCNCCc3ccc(O)c4c3OCC(=O)N4)C3CCCCC3)cc2)cn1.O=C(O)C(O)C(O)C(=O)O. The molecule has 3 aromatic rings. The van der Waals surface area contributed by atoms with Crippen LogP contribution in [0.15, 0.2) is 48.8 Å². The number of aromatic nitrogens is 2. The van der Waals surface area contributed by atoms with Crippen molar-refractivity contribution >= 4 is 29.4 Å². The van der Waals surface area contributed by atoms with Crippen LogP contribution in [0.5, 0.6) is 11.5 Å². The summed E-state index contributed by atoms with van der Waals surface area (Å²) in [4.78, 5) is 46.5. The fraction of sp³-hybridized carbons (Fsp3) is 0.486. The Hall–Kier alpha value is -5.03. The van der Waals surface area contributed by atoms with Crippen LogP contribution in [0.2, 0.25) is 0 Å². The highest BCUT2D eigenvalue weighted by molar-refractivity contribution is 5.97. The summed E-state index contributed by atoms with van der Waals surface area (Å²) in [6.07, 6.45) is 6.90. The third-order valence-electron chi connectivity index (χ3n) is 9.06. The highest BCUT2D eigenvalue weighted by atomic mass is 16.5. The number of aliphatic hydroxyl groups excluding tert-OH is 2. The first kappa shape index (κ1) is 40.7. The van der Waals surface area contributed by atoms with Crippen LogP contribution in [-0.2, 0) is 43.8 Å². The normalized spacial score (nSPS) is 15.2. The van der Waals surface area contributed by atoms with Crippen molar-refractivity contribution < 1.29 is 54.2 Å². The monoisotopic (exact) mass is 739 g/mol. The van der Waals surface area contributed by atoms with E-state index in [0.717, 1.165) is 36.0 Å². The van der Waals surface area contributed by atoms with Gasteiger partial charge in [0.25, 0.3) is 5.91 Å². The molecule has 2 heterocycles. The van der Waals surface area contributed by atoms with Gasteiger partial charge in [-0.25, -0.2) is 9.59 Å². The van der Waals surface area contributed by atoms with Crippen molar-refractivity contribution in [2.75, 3.05) is 44.8 Å². The highest BCUT2D eigenvalue weighted by Gasteiger charge is 2.29. The van der Waals surface area contributed by atoms with Crippen LogP contribution in [0.25, 0.3) is 11.1 Å². The molecule has 2 aliphatic rings. The van der Waals surface area contributed by atoms with Crippen LogP contribution in [0.3, 0.4) is 0 Å². The lowest BCUT2D eigenvalue weighted by molar-refractivity contribution is -0.165. The number of phenolic OH excluding ortho intramolecular Hbond substituents is 1. The number of nitrogens with one attached hydrogen (secondary N) is 2. The molecule has 1 fully saturated rings. The number of aromatic hydroxyl groups is 1. The Morgan fingerprint density at radius 3 is 2.32 bits per heavy atom. The lowest BCUT2D eigenvalue weighted by Gasteiger charge is -2.34. The Morgan fingerprint density at radius 1 is 0.981 bits per heavy atom. The van der Waals surface area contributed by atoms with Crippen LogP contribution in [0, 0.1) is 0 Å². The van der Waals surface area contributed by atoms with Crippen LogP contribution < -0.4 is 15.4 Å². The first-order chi connectivity index (χ1) is 25.4. The Bertz CT molecular complexity index is 1660. The van der Waals surface area contributed by atoms with Gasteiger partial charge in [0.1, 0.15) is 11.4 Å². The van der Waals surface area contributed by atoms with Crippen molar-refractivity contribution in [1.29, 1.82) is 0 Å². The second-order valence-electron chi connectivity index (χ2n) is 12.9. The molecule has 16 heteroatoms. The van der Waals surface area contributed by atoms with Gasteiger partial charge in [0, 0.05) is 37.9 Å². The van der Waals surface area contributed by atoms with Gasteiger partial charge in [-0.3, -0.25) is 14.3 Å². The van der Waals surface area contributed by atoms with E-state index < -0.39 is 24.1 Å². The zero-order chi connectivity index (χ0) is 38.3. The topological polar surface area (TPSA) is 233 Å². The number of aliphatic carboxylic acids is 2. The van der Waals surface area contributed by atoms with E-state index >= 15 is 0 Å². The number of aryl methyl sites for hydroxylation is 1. The highest BCUT2D eigenvalue weighted by Crippen LogP contribution is 2.39. The number of aliphatic hydroxyl groups is 2. The van der Waals surface area contributed by atoms with Crippen LogP contribution in [0.4, 0.5) is 5.69 Å². The molecule has 0 radical (unpaired) electrons. The summed E-state index contributed by atoms with van der Waals surface area (Å²) in [5.74, 6) is -3.12. The number of hydrogen-bond acceptors (Lipinski definition) is 11. The van der Waals surface area contributed by atoms with Gasteiger partial charge in [0.2, 0.25) is 5.91 Å². The predicted molar refractivity (Wildman–Crippen MR) is 192 cm³/mol. The number of fused-ring (bicyclic) bond motifs is 1. The molecule has 2 amide bonds. The maximum atomic E-state index is 13.3. The van der Waals surface area contributed by atoms with E-state index in [0.29, 0.717) is 63.2 Å². The van der Waals surface area contributed by atoms with Gasteiger partial charge in [-0.2, -0.15) is 5.10 Å². The van der Waals surface area contributed by atoms with E-state index in [-0.39, 0.29) is 24.2 Å². The van der Waals surface area contributed by atoms with E-state index in [9.17, 15) is 24.3 Å². The Labute approximate surface area is 307 Å². The third kappa shape index (κ3) is 12.3. The number of phenols is 1. The smallest absolute Gasteiger partial charge is 0.335 e. The molecule has 0 saturated heterocycles. The molecule has 16 nitrogen and oxygen atoms in total. The summed E-state index contributed by atoms with van der Waals surface area (Å²) < 4.78 is 13.3. The molecule has 2 atom stereocenters. The van der Waals surface area contributed by atoms with Gasteiger partial charge in [-0.05, 0) is 55.0 Å². The number of carbonyl (C=O) groups is 4. The first-order valence-corrected chi connectivity index (χ1v) is 17.7. The van der Waals surface area contributed by atoms with Gasteiger partial charge in [-0.15, -0.1) is 0 Å². The fourth-order valence-corrected chi connectivity index (χ4v) is 6.16. The van der Waals surface area contributed by atoms with Gasteiger partial charge >= 0.3 is 11.9 Å². The Morgan fingerprint density at radius 2 is 1.68 bits per heavy atom. The van der Waals surface area contributed by atoms with Crippen molar-refractivity contribution in [2.24, 2.45) is 7.05 Å². The number of amides is 2. The van der Waals surface area contributed by atoms with Crippen LogP contribution in [0.1, 0.15) is 49.7 Å². The fourth-order valence-electron chi connectivity index (χ4n) is 6.16. The average molecular weight is 740 g/mol. The Balaban J connectivity index is 0.000000550. The minimum Gasteiger partial charge on any atom is -0.506 e. The second kappa shape index (κ2) is 20.3. The summed E-state index contributed by atoms with van der Waals surface area (Å²) in [6, 6.07) is 12.2. The molecular formula is C37H49N5O11. The minimum atomic E-state index is -2.27. The number of benzene rings is 2. The van der Waals surface area contributed by atoms with Crippen molar-refractivity contribution in [3.63, 3.8) is 0 Å². The summed E-state index contributed by atoms with van der Waals surface area (Å²) in [7, 11) is 1.91. The van der Waals surface area contributed by atoms with Crippen molar-refractivity contribution in [2.45, 2.75) is 69.6 Å². The maximum absolute atomic E-state index is 13.3. The number of rotatable bonds is 17. The molecule has 288 valence electrons. The zero-order valence-corrected chi connectivity index (χ0v) is 29.8. The van der Waals surface area contributed by atoms with E-state index in [1.165, 1.54) is 24.8 Å². The van der Waals surface area contributed by atoms with Crippen LogP contribution >= 0.6 is 0 Å². The second-order valence-corrected chi connectivity index (χ2v) is 12.9. The van der Waals surface area contributed by atoms with Gasteiger partial charge in [0.05, 0.1) is 25.8 Å². The molecule has 1 aliphatic carbocycles. The number of anilines is 1. The molecule has 1 aromatic heterocycles. The maximum Gasteiger partial charge on any atom is 0.335 e. The molecule has 0 bridgehead atoms. The quantitative estimate of drug-likeness (QED) is 0.0776. The van der Waals surface area contributed by atoms with Crippen molar-refractivity contribution in [3.8, 4) is 22.6 Å². The molecule has 1 aliphatic heterocycles. The Kier molecular flexibility index (Phi) is 15.6. The number of carboxylic acid groups (broad SMARTS) is 2. The third-order valence-corrected chi connectivity index (χ3v) is 9.06. The number of hydrogen-bond donors (Lipinski definition) is 7. The predicted octanol–water partition coefficient (Wildman–Crippen LogP) is 1.94. The van der Waals surface area contributed by atoms with Gasteiger partial charge in [0.15, 0.2) is 24.6 Å². The van der Waals surface area contributed by atoms with E-state index in [1.807, 2.05) is 25.5 Å². The average Bonchev–Trinajstić information content (AvgIpc) is 3.60. The van der Waals surface area contributed by atoms with Crippen LogP contribution in [-0.4, -0.2) is 122 Å². The van der Waals surface area contributed by atoms with Gasteiger partial charge < -0.3 is 50.5 Å². The lowest BCUT2D eigenvalue weighted by Crippen LogP contribution is -2.45. The number of ether oxygens (including phenoxy) is 2. The minimum absolute atomic E-state index is 0.000764. The molecule has 2 unspecified atom stereocenters. The molecule has 5 rings (SSSR count). The first-order valence-electron chi connectivity index (χ1n) is 17.7. The molecule has 7 N–H and O–H groups in total. The molecule has 1 saturated carbocycles. The molecule has 53 heavy (non-hydrogen) atoms. The lowest BCUT2D eigenvalue weighted by atomic mass is 9.94. The van der Waals surface area contributed by atoms with E-state index in [4.69, 9.17) is 29.9 Å². The van der Waals surface area contributed by atoms with Crippen molar-refractivity contribution in [3.05, 3.63) is 59.9 Å². The molecule has 2 aromatic carbocycles. The zero-order valence-electron chi connectivity index (χ0n) is 29.8. The van der Waals surface area contributed by atoms with Crippen molar-refractivity contribution in [1.82, 2.24) is 20.0 Å². The van der Waals surface area contributed by atoms with E-state index in [2.05, 4.69) is 44.9 Å². The summed E-state index contributed by atoms with van der Waals surface area (Å²) in [5.41, 5.74) is 4.70. The summed E-state index contributed by atoms with van der Waals surface area (Å²) >= 11 is 0. The number of carbonyl (C=O) groups excluding carboxylic acids is 2. The summed E-state index contributed by atoms with van der Waals surface area (Å²) in [5, 5.41) is 53.0. The number of carboxylic acids is 2. The van der Waals surface area contributed by atoms with E-state index in [1.54, 1.807) is 10.7 Å². The summed E-state index contributed by atoms with van der Waals surface area (Å²) in [6.45, 7) is 2.99.